The van der Waals surface area contributed by atoms with E-state index in [-0.39, 0.29) is 17.5 Å². The van der Waals surface area contributed by atoms with E-state index >= 15 is 0 Å². The third kappa shape index (κ3) is 4.25. The first-order chi connectivity index (χ1) is 9.35. The molecule has 0 aromatic carbocycles. The minimum atomic E-state index is -0.220. The zero-order valence-corrected chi connectivity index (χ0v) is 12.4. The van der Waals surface area contributed by atoms with Crippen molar-refractivity contribution in [3.8, 4) is 0 Å². The molecular formula is C13H22N4O3. The summed E-state index contributed by atoms with van der Waals surface area (Å²) in [7, 11) is 0. The van der Waals surface area contributed by atoms with Crippen LogP contribution in [0.5, 0.6) is 0 Å². The molecule has 0 unspecified atom stereocenters. The van der Waals surface area contributed by atoms with Gasteiger partial charge in [-0.1, -0.05) is 19.0 Å². The first kappa shape index (κ1) is 16.0. The Morgan fingerprint density at radius 1 is 1.50 bits per heavy atom. The van der Waals surface area contributed by atoms with E-state index in [1.54, 1.807) is 18.7 Å². The number of amides is 1. The lowest BCUT2D eigenvalue weighted by atomic mass is 10.2. The first-order valence-corrected chi connectivity index (χ1v) is 6.54. The molecule has 112 valence electrons. The normalized spacial score (nSPS) is 11.9. The van der Waals surface area contributed by atoms with Crippen molar-refractivity contribution in [2.45, 2.75) is 34.1 Å². The molecule has 0 fully saturated rings. The number of aromatic nitrogens is 1. The molecule has 0 aliphatic rings. The number of amidine groups is 1. The molecule has 0 atom stereocenters. The SMILES string of the molecule is Cc1nc(C)c(C(=O)N(CCC(N)=NO)CC(C)C)o1. The average Bonchev–Trinajstić information content (AvgIpc) is 2.71. The van der Waals surface area contributed by atoms with Gasteiger partial charge >= 0.3 is 0 Å². The zero-order chi connectivity index (χ0) is 15.3. The van der Waals surface area contributed by atoms with Crippen LogP contribution in [0.1, 0.15) is 42.4 Å². The third-order valence-electron chi connectivity index (χ3n) is 2.74. The van der Waals surface area contributed by atoms with Crippen molar-refractivity contribution in [2.24, 2.45) is 16.8 Å². The van der Waals surface area contributed by atoms with E-state index in [1.807, 2.05) is 13.8 Å². The van der Waals surface area contributed by atoms with Gasteiger partial charge in [-0.05, 0) is 12.8 Å². The lowest BCUT2D eigenvalue weighted by molar-refractivity contribution is 0.0706. The lowest BCUT2D eigenvalue weighted by Gasteiger charge is -2.23. The highest BCUT2D eigenvalue weighted by Gasteiger charge is 2.23. The number of carbonyl (C=O) groups excluding carboxylic acids is 1. The first-order valence-electron chi connectivity index (χ1n) is 6.54. The molecule has 0 aliphatic carbocycles. The highest BCUT2D eigenvalue weighted by Crippen LogP contribution is 2.14. The van der Waals surface area contributed by atoms with E-state index in [4.69, 9.17) is 15.4 Å². The molecule has 1 aromatic heterocycles. The number of hydrogen-bond donors (Lipinski definition) is 2. The summed E-state index contributed by atoms with van der Waals surface area (Å²) >= 11 is 0. The van der Waals surface area contributed by atoms with Gasteiger partial charge in [0.1, 0.15) is 5.84 Å². The highest BCUT2D eigenvalue weighted by molar-refractivity contribution is 5.92. The van der Waals surface area contributed by atoms with Gasteiger partial charge in [0.15, 0.2) is 5.89 Å². The van der Waals surface area contributed by atoms with Crippen LogP contribution in [0.25, 0.3) is 0 Å². The summed E-state index contributed by atoms with van der Waals surface area (Å²) < 4.78 is 5.36. The Labute approximate surface area is 118 Å². The van der Waals surface area contributed by atoms with Crippen molar-refractivity contribution in [1.82, 2.24) is 9.88 Å². The molecular weight excluding hydrogens is 260 g/mol. The summed E-state index contributed by atoms with van der Waals surface area (Å²) in [5.41, 5.74) is 6.03. The Hall–Kier alpha value is -2.05. The van der Waals surface area contributed by atoms with Crippen molar-refractivity contribution in [2.75, 3.05) is 13.1 Å². The number of oxime groups is 1. The van der Waals surface area contributed by atoms with Crippen molar-refractivity contribution in [3.63, 3.8) is 0 Å². The van der Waals surface area contributed by atoms with Gasteiger partial charge in [0, 0.05) is 26.4 Å². The minimum Gasteiger partial charge on any atom is -0.436 e. The van der Waals surface area contributed by atoms with Crippen molar-refractivity contribution < 1.29 is 14.4 Å². The van der Waals surface area contributed by atoms with Crippen molar-refractivity contribution >= 4 is 11.7 Å². The predicted octanol–water partition coefficient (Wildman–Crippen LogP) is 1.53. The Morgan fingerprint density at radius 3 is 2.60 bits per heavy atom. The predicted molar refractivity (Wildman–Crippen MR) is 74.7 cm³/mol. The second-order valence-corrected chi connectivity index (χ2v) is 5.13. The van der Waals surface area contributed by atoms with Gasteiger partial charge in [-0.3, -0.25) is 4.79 Å². The molecule has 1 amide bonds. The summed E-state index contributed by atoms with van der Waals surface area (Å²) in [4.78, 5) is 18.2. The Balaban J connectivity index is 2.86. The van der Waals surface area contributed by atoms with E-state index in [2.05, 4.69) is 10.1 Å². The molecule has 7 nitrogen and oxygen atoms in total. The van der Waals surface area contributed by atoms with Gasteiger partial charge in [-0.25, -0.2) is 4.98 Å². The fraction of sp³-hybridized carbons (Fsp3) is 0.615. The van der Waals surface area contributed by atoms with Crippen LogP contribution in [0.3, 0.4) is 0 Å². The summed E-state index contributed by atoms with van der Waals surface area (Å²) in [6.07, 6.45) is 0.307. The van der Waals surface area contributed by atoms with Crippen LogP contribution >= 0.6 is 0 Å². The van der Waals surface area contributed by atoms with E-state index in [0.29, 0.717) is 37.0 Å². The van der Waals surface area contributed by atoms with Gasteiger partial charge in [-0.2, -0.15) is 0 Å². The molecule has 0 radical (unpaired) electrons. The molecule has 0 spiro atoms. The van der Waals surface area contributed by atoms with Crippen LogP contribution in [0.2, 0.25) is 0 Å². The third-order valence-corrected chi connectivity index (χ3v) is 2.74. The fourth-order valence-electron chi connectivity index (χ4n) is 1.89. The molecule has 20 heavy (non-hydrogen) atoms. The van der Waals surface area contributed by atoms with E-state index in [0.717, 1.165) is 0 Å². The van der Waals surface area contributed by atoms with Gasteiger partial charge in [0.25, 0.3) is 5.91 Å². The Kier molecular flexibility index (Phi) is 5.54. The van der Waals surface area contributed by atoms with Gasteiger partial charge in [0.05, 0.1) is 5.69 Å². The molecule has 1 aromatic rings. The van der Waals surface area contributed by atoms with E-state index in [1.165, 1.54) is 0 Å². The minimum absolute atomic E-state index is 0.0945. The van der Waals surface area contributed by atoms with Gasteiger partial charge in [-0.15, -0.1) is 0 Å². The van der Waals surface area contributed by atoms with Gasteiger partial charge in [0.2, 0.25) is 5.76 Å². The summed E-state index contributed by atoms with van der Waals surface area (Å²) in [5.74, 6) is 0.893. The summed E-state index contributed by atoms with van der Waals surface area (Å²) in [6, 6.07) is 0. The summed E-state index contributed by atoms with van der Waals surface area (Å²) in [5, 5.41) is 11.5. The van der Waals surface area contributed by atoms with Crippen LogP contribution in [0.15, 0.2) is 9.57 Å². The second kappa shape index (κ2) is 6.93. The van der Waals surface area contributed by atoms with Crippen LogP contribution in [0.4, 0.5) is 0 Å². The summed E-state index contributed by atoms with van der Waals surface area (Å²) in [6.45, 7) is 8.40. The van der Waals surface area contributed by atoms with Gasteiger partial charge < -0.3 is 20.3 Å². The molecule has 0 saturated carbocycles. The van der Waals surface area contributed by atoms with Crippen LogP contribution in [0, 0.1) is 19.8 Å². The van der Waals surface area contributed by atoms with E-state index < -0.39 is 0 Å². The largest absolute Gasteiger partial charge is 0.436 e. The number of carbonyl (C=O) groups is 1. The number of nitrogens with two attached hydrogens (primary N) is 1. The molecule has 0 bridgehead atoms. The lowest BCUT2D eigenvalue weighted by Crippen LogP contribution is -2.37. The molecule has 1 heterocycles. The number of aryl methyl sites for hydroxylation is 2. The average molecular weight is 282 g/mol. The number of rotatable bonds is 6. The monoisotopic (exact) mass is 282 g/mol. The standard InChI is InChI=1S/C13H22N4O3/c1-8(2)7-17(6-5-11(14)16-19)13(18)12-9(3)15-10(4)20-12/h8,19H,5-7H2,1-4H3,(H2,14,16). The molecule has 1 rings (SSSR count). The molecule has 3 N–H and O–H groups in total. The number of hydrogen-bond acceptors (Lipinski definition) is 5. The van der Waals surface area contributed by atoms with E-state index in [9.17, 15) is 4.79 Å². The maximum absolute atomic E-state index is 12.5. The molecule has 7 heteroatoms. The smallest absolute Gasteiger partial charge is 0.291 e. The number of nitrogens with zero attached hydrogens (tertiary/aromatic N) is 3. The fourth-order valence-corrected chi connectivity index (χ4v) is 1.89. The maximum atomic E-state index is 12.5. The molecule has 0 saturated heterocycles. The molecule has 0 aliphatic heterocycles. The second-order valence-electron chi connectivity index (χ2n) is 5.13. The Bertz CT molecular complexity index is 494. The van der Waals surface area contributed by atoms with Crippen LogP contribution < -0.4 is 5.73 Å². The van der Waals surface area contributed by atoms with Crippen molar-refractivity contribution in [3.05, 3.63) is 17.3 Å². The van der Waals surface area contributed by atoms with Crippen LogP contribution in [-0.2, 0) is 0 Å². The Morgan fingerprint density at radius 2 is 2.15 bits per heavy atom. The quantitative estimate of drug-likeness (QED) is 0.356. The number of oxazole rings is 1. The topological polar surface area (TPSA) is 105 Å². The van der Waals surface area contributed by atoms with Crippen molar-refractivity contribution in [1.29, 1.82) is 0 Å². The maximum Gasteiger partial charge on any atom is 0.291 e. The zero-order valence-electron chi connectivity index (χ0n) is 12.4. The van der Waals surface area contributed by atoms with Crippen LogP contribution in [-0.4, -0.2) is 39.9 Å². The highest BCUT2D eigenvalue weighted by atomic mass is 16.4.